The van der Waals surface area contributed by atoms with Crippen molar-refractivity contribution in [2.75, 3.05) is 24.7 Å². The van der Waals surface area contributed by atoms with E-state index in [9.17, 15) is 4.79 Å². The first-order chi connectivity index (χ1) is 14.1. The number of anilines is 2. The van der Waals surface area contributed by atoms with Gasteiger partial charge in [-0.1, -0.05) is 6.07 Å². The fraction of sp³-hybridized carbons (Fsp3) is 0.143. The van der Waals surface area contributed by atoms with Crippen LogP contribution in [0.25, 0.3) is 11.2 Å². The van der Waals surface area contributed by atoms with Gasteiger partial charge in [-0.3, -0.25) is 9.79 Å². The van der Waals surface area contributed by atoms with E-state index in [1.54, 1.807) is 42.2 Å². The summed E-state index contributed by atoms with van der Waals surface area (Å²) in [6.07, 6.45) is 9.04. The van der Waals surface area contributed by atoms with Crippen LogP contribution in [0.3, 0.4) is 0 Å². The van der Waals surface area contributed by atoms with E-state index in [-0.39, 0.29) is 11.9 Å². The minimum absolute atomic E-state index is 0.0429. The number of carbonyl (C=O) groups excluding carboxylic acids is 1. The third kappa shape index (κ3) is 2.85. The molecule has 29 heavy (non-hydrogen) atoms. The van der Waals surface area contributed by atoms with Gasteiger partial charge in [-0.25, -0.2) is 9.50 Å². The fourth-order valence-corrected chi connectivity index (χ4v) is 3.58. The highest BCUT2D eigenvalue weighted by Gasteiger charge is 2.30. The number of benzene rings is 1. The Hall–Kier alpha value is -3.94. The molecule has 8 nitrogen and oxygen atoms in total. The molecule has 0 radical (unpaired) electrons. The van der Waals surface area contributed by atoms with Crippen molar-refractivity contribution in [2.45, 2.75) is 6.04 Å². The summed E-state index contributed by atoms with van der Waals surface area (Å²) in [5, 5.41) is 11.7. The number of nitrogens with zero attached hydrogens (tertiary/aromatic N) is 5. The number of nitrogens with one attached hydrogen (secondary N) is 2. The predicted molar refractivity (Wildman–Crippen MR) is 113 cm³/mol. The van der Waals surface area contributed by atoms with Crippen molar-refractivity contribution in [1.29, 1.82) is 0 Å². The van der Waals surface area contributed by atoms with Crippen LogP contribution in [-0.4, -0.2) is 51.8 Å². The van der Waals surface area contributed by atoms with Gasteiger partial charge >= 0.3 is 0 Å². The highest BCUT2D eigenvalue weighted by Crippen LogP contribution is 2.37. The number of amides is 1. The molecule has 0 bridgehead atoms. The molecule has 1 atom stereocenters. The van der Waals surface area contributed by atoms with Crippen LogP contribution < -0.4 is 10.6 Å². The lowest BCUT2D eigenvalue weighted by molar-refractivity contribution is 0.0827. The molecule has 1 amide bonds. The third-order valence-corrected chi connectivity index (χ3v) is 4.96. The maximum Gasteiger partial charge on any atom is 0.253 e. The number of aromatic nitrogens is 3. The summed E-state index contributed by atoms with van der Waals surface area (Å²) >= 11 is 0. The number of hydrogen-bond donors (Lipinski definition) is 2. The Morgan fingerprint density at radius 3 is 3.03 bits per heavy atom. The van der Waals surface area contributed by atoms with E-state index < -0.39 is 0 Å². The largest absolute Gasteiger partial charge is 0.370 e. The second kappa shape index (κ2) is 6.59. The SMILES string of the molecule is CN(C)C(=O)c1cccc(NC2=C3C=CN=CC3Nc3c2nn2cnccc32)c1. The topological polar surface area (TPSA) is 86.9 Å². The van der Waals surface area contributed by atoms with Crippen LogP contribution in [0.5, 0.6) is 0 Å². The van der Waals surface area contributed by atoms with Gasteiger partial charge in [0.2, 0.25) is 0 Å². The van der Waals surface area contributed by atoms with Gasteiger partial charge in [-0.2, -0.15) is 5.10 Å². The van der Waals surface area contributed by atoms with Crippen molar-refractivity contribution >= 4 is 34.7 Å². The molecule has 5 rings (SSSR count). The van der Waals surface area contributed by atoms with Crippen LogP contribution in [0, 0.1) is 0 Å². The second-order valence-corrected chi connectivity index (χ2v) is 7.11. The number of rotatable bonds is 3. The molecule has 1 unspecified atom stereocenters. The molecule has 8 heteroatoms. The summed E-state index contributed by atoms with van der Waals surface area (Å²) in [4.78, 5) is 22.4. The summed E-state index contributed by atoms with van der Waals surface area (Å²) in [6.45, 7) is 0. The smallest absolute Gasteiger partial charge is 0.253 e. The van der Waals surface area contributed by atoms with Gasteiger partial charge in [0.1, 0.15) is 12.0 Å². The van der Waals surface area contributed by atoms with E-state index in [2.05, 4.69) is 20.6 Å². The van der Waals surface area contributed by atoms with Gasteiger partial charge in [-0.15, -0.1) is 0 Å². The maximum atomic E-state index is 12.4. The highest BCUT2D eigenvalue weighted by atomic mass is 16.2. The van der Waals surface area contributed by atoms with Crippen molar-refractivity contribution in [2.24, 2.45) is 4.99 Å². The van der Waals surface area contributed by atoms with Crippen LogP contribution in [0.4, 0.5) is 11.4 Å². The summed E-state index contributed by atoms with van der Waals surface area (Å²) in [7, 11) is 3.49. The number of hydrogen-bond acceptors (Lipinski definition) is 6. The molecule has 0 aliphatic carbocycles. The van der Waals surface area contributed by atoms with E-state index in [0.29, 0.717) is 5.56 Å². The molecular formula is C21H19N7O. The molecule has 2 aliphatic rings. The van der Waals surface area contributed by atoms with E-state index in [0.717, 1.165) is 33.9 Å². The zero-order chi connectivity index (χ0) is 20.0. The van der Waals surface area contributed by atoms with E-state index in [4.69, 9.17) is 5.10 Å². The second-order valence-electron chi connectivity index (χ2n) is 7.11. The van der Waals surface area contributed by atoms with Crippen molar-refractivity contribution in [3.05, 3.63) is 72.0 Å². The van der Waals surface area contributed by atoms with Gasteiger partial charge in [0, 0.05) is 49.5 Å². The highest BCUT2D eigenvalue weighted by molar-refractivity contribution is 6.00. The van der Waals surface area contributed by atoms with Crippen LogP contribution in [-0.2, 0) is 0 Å². The Balaban J connectivity index is 1.62. The Bertz CT molecular complexity index is 1220. The molecule has 144 valence electrons. The Morgan fingerprint density at radius 2 is 2.17 bits per heavy atom. The van der Waals surface area contributed by atoms with Crippen molar-refractivity contribution in [1.82, 2.24) is 19.5 Å². The van der Waals surface area contributed by atoms with Crippen molar-refractivity contribution in [3.63, 3.8) is 0 Å². The average molecular weight is 385 g/mol. The van der Waals surface area contributed by atoms with E-state index >= 15 is 0 Å². The van der Waals surface area contributed by atoms with Crippen LogP contribution in [0.1, 0.15) is 16.1 Å². The summed E-state index contributed by atoms with van der Waals surface area (Å²) < 4.78 is 1.75. The molecule has 2 N–H and O–H groups in total. The Labute approximate surface area is 167 Å². The minimum atomic E-state index is -0.0669. The first-order valence-corrected chi connectivity index (χ1v) is 9.24. The molecule has 0 saturated heterocycles. The molecule has 1 aromatic carbocycles. The van der Waals surface area contributed by atoms with Crippen molar-refractivity contribution < 1.29 is 4.79 Å². The van der Waals surface area contributed by atoms with Crippen molar-refractivity contribution in [3.8, 4) is 0 Å². The lowest BCUT2D eigenvalue weighted by atomic mass is 9.96. The zero-order valence-corrected chi connectivity index (χ0v) is 16.0. The molecule has 2 aromatic heterocycles. The van der Waals surface area contributed by atoms with Gasteiger partial charge in [-0.05, 0) is 30.3 Å². The average Bonchev–Trinajstić information content (AvgIpc) is 3.12. The monoisotopic (exact) mass is 385 g/mol. The van der Waals surface area contributed by atoms with Crippen LogP contribution >= 0.6 is 0 Å². The minimum Gasteiger partial charge on any atom is -0.370 e. The maximum absolute atomic E-state index is 12.4. The normalized spacial score (nSPS) is 17.0. The third-order valence-electron chi connectivity index (χ3n) is 4.96. The standard InChI is InChI=1S/C21H19N7O/c1-27(2)21(29)13-4-3-5-14(10-13)24-18-15-6-8-22-11-16(15)25-19-17-7-9-23-12-28(17)26-20(18)19/h3-12,16,24-25H,1-2H3. The number of aliphatic imine (C=N–C) groups is 1. The molecule has 3 aromatic rings. The van der Waals surface area contributed by atoms with Crippen LogP contribution in [0.15, 0.2) is 65.7 Å². The molecule has 0 spiro atoms. The zero-order valence-electron chi connectivity index (χ0n) is 16.0. The van der Waals surface area contributed by atoms with E-state index in [1.165, 1.54) is 0 Å². The predicted octanol–water partition coefficient (Wildman–Crippen LogP) is 2.65. The molecule has 0 fully saturated rings. The molecular weight excluding hydrogens is 366 g/mol. The van der Waals surface area contributed by atoms with Gasteiger partial charge in [0.25, 0.3) is 5.91 Å². The lowest BCUT2D eigenvalue weighted by Gasteiger charge is -2.28. The number of fused-ring (bicyclic) bond motifs is 4. The Kier molecular flexibility index (Phi) is 3.90. The van der Waals surface area contributed by atoms with Gasteiger partial charge in [0.15, 0.2) is 0 Å². The molecule has 4 heterocycles. The summed E-state index contributed by atoms with van der Waals surface area (Å²) in [6, 6.07) is 9.33. The van der Waals surface area contributed by atoms with E-state index in [1.807, 2.05) is 42.6 Å². The Morgan fingerprint density at radius 1 is 1.28 bits per heavy atom. The quantitative estimate of drug-likeness (QED) is 0.724. The first-order valence-electron chi connectivity index (χ1n) is 9.24. The molecule has 2 aliphatic heterocycles. The van der Waals surface area contributed by atoms with Gasteiger partial charge < -0.3 is 15.5 Å². The lowest BCUT2D eigenvalue weighted by Crippen LogP contribution is -2.30. The fourth-order valence-electron chi connectivity index (χ4n) is 3.58. The summed E-state index contributed by atoms with van der Waals surface area (Å²) in [5.41, 5.74) is 6.01. The summed E-state index contributed by atoms with van der Waals surface area (Å²) in [5.74, 6) is -0.0429. The van der Waals surface area contributed by atoms with Crippen LogP contribution in [0.2, 0.25) is 0 Å². The number of carbonyl (C=O) groups is 1. The van der Waals surface area contributed by atoms with Gasteiger partial charge in [0.05, 0.1) is 22.9 Å². The molecule has 0 saturated carbocycles. The first kappa shape index (κ1) is 17.2.